The van der Waals surface area contributed by atoms with E-state index < -0.39 is 4.92 Å². The summed E-state index contributed by atoms with van der Waals surface area (Å²) < 4.78 is 11.0. The lowest BCUT2D eigenvalue weighted by molar-refractivity contribution is -0.384. The highest BCUT2D eigenvalue weighted by molar-refractivity contribution is 6.30. The fourth-order valence-corrected chi connectivity index (χ4v) is 2.31. The first-order valence-electron chi connectivity index (χ1n) is 8.06. The lowest BCUT2D eigenvalue weighted by Crippen LogP contribution is -2.17. The van der Waals surface area contributed by atoms with E-state index in [0.717, 1.165) is 0 Å². The van der Waals surface area contributed by atoms with Crippen molar-refractivity contribution in [2.45, 2.75) is 6.61 Å². The molecule has 1 aromatic heterocycles. The van der Waals surface area contributed by atoms with Gasteiger partial charge in [-0.3, -0.25) is 14.9 Å². The molecule has 2 aromatic carbocycles. The van der Waals surface area contributed by atoms with E-state index in [9.17, 15) is 14.9 Å². The van der Waals surface area contributed by atoms with Crippen molar-refractivity contribution < 1.29 is 18.9 Å². The first kappa shape index (κ1) is 19.1. The first-order valence-corrected chi connectivity index (χ1v) is 8.44. The molecule has 0 aliphatic carbocycles. The van der Waals surface area contributed by atoms with Crippen molar-refractivity contribution in [3.8, 4) is 5.75 Å². The average molecular weight is 400 g/mol. The minimum absolute atomic E-state index is 0.00973. The molecule has 0 unspecified atom stereocenters. The van der Waals surface area contributed by atoms with E-state index in [0.29, 0.717) is 27.9 Å². The fraction of sp³-hybridized carbons (Fsp3) is 0.0526. The van der Waals surface area contributed by atoms with Gasteiger partial charge in [-0.05, 0) is 48.5 Å². The topological polar surface area (TPSA) is 107 Å². The van der Waals surface area contributed by atoms with Gasteiger partial charge in [0.25, 0.3) is 11.6 Å². The largest absolute Gasteiger partial charge is 0.486 e. The highest BCUT2D eigenvalue weighted by Crippen LogP contribution is 2.19. The number of hydrogen-bond acceptors (Lipinski definition) is 6. The summed E-state index contributed by atoms with van der Waals surface area (Å²) in [5.74, 6) is 1.07. The van der Waals surface area contributed by atoms with E-state index in [2.05, 4.69) is 10.5 Å². The molecule has 0 aliphatic rings. The van der Waals surface area contributed by atoms with Gasteiger partial charge in [0.05, 0.1) is 11.1 Å². The van der Waals surface area contributed by atoms with Crippen molar-refractivity contribution in [3.63, 3.8) is 0 Å². The van der Waals surface area contributed by atoms with Crippen molar-refractivity contribution in [2.75, 3.05) is 0 Å². The Morgan fingerprint density at radius 1 is 1.14 bits per heavy atom. The lowest BCUT2D eigenvalue weighted by Gasteiger charge is -2.03. The van der Waals surface area contributed by atoms with E-state index in [-0.39, 0.29) is 18.2 Å². The van der Waals surface area contributed by atoms with Crippen LogP contribution in [0.25, 0.3) is 0 Å². The zero-order chi connectivity index (χ0) is 19.9. The van der Waals surface area contributed by atoms with Crippen molar-refractivity contribution in [1.82, 2.24) is 5.43 Å². The normalized spacial score (nSPS) is 10.8. The number of hydrazone groups is 1. The van der Waals surface area contributed by atoms with E-state index in [1.165, 1.54) is 30.5 Å². The number of hydrogen-bond donors (Lipinski definition) is 1. The van der Waals surface area contributed by atoms with Gasteiger partial charge in [0.1, 0.15) is 23.9 Å². The number of amides is 1. The molecule has 142 valence electrons. The van der Waals surface area contributed by atoms with Crippen molar-refractivity contribution in [2.24, 2.45) is 5.10 Å². The number of nitro benzene ring substituents is 1. The SMILES string of the molecule is O=C(N/N=C/c1ccc(COc2ccc([N+](=O)[O-])cc2)o1)c1ccc(Cl)cc1. The molecule has 8 nitrogen and oxygen atoms in total. The Labute approximate surface area is 164 Å². The smallest absolute Gasteiger partial charge is 0.271 e. The minimum Gasteiger partial charge on any atom is -0.486 e. The Morgan fingerprint density at radius 3 is 2.54 bits per heavy atom. The Bertz CT molecular complexity index is 997. The molecule has 0 bridgehead atoms. The second-order valence-electron chi connectivity index (χ2n) is 5.55. The molecule has 0 saturated heterocycles. The van der Waals surface area contributed by atoms with Gasteiger partial charge in [-0.15, -0.1) is 0 Å². The predicted octanol–water partition coefficient (Wildman–Crippen LogP) is 4.18. The molecule has 0 spiro atoms. The molecule has 0 aliphatic heterocycles. The Balaban J connectivity index is 1.50. The summed E-state index contributed by atoms with van der Waals surface area (Å²) in [7, 11) is 0. The Kier molecular flexibility index (Phi) is 6.03. The van der Waals surface area contributed by atoms with Crippen LogP contribution in [0.4, 0.5) is 5.69 Å². The maximum absolute atomic E-state index is 11.9. The summed E-state index contributed by atoms with van der Waals surface area (Å²) in [6, 6.07) is 15.5. The second kappa shape index (κ2) is 8.83. The average Bonchev–Trinajstić information content (AvgIpc) is 3.15. The Morgan fingerprint density at radius 2 is 1.86 bits per heavy atom. The molecule has 3 aromatic rings. The van der Waals surface area contributed by atoms with Crippen LogP contribution in [0.1, 0.15) is 21.9 Å². The van der Waals surface area contributed by atoms with Gasteiger partial charge in [-0.2, -0.15) is 5.10 Å². The standard InChI is InChI=1S/C19H14ClN3O5/c20-14-3-1-13(2-4-14)19(24)22-21-11-17-9-10-18(28-17)12-27-16-7-5-15(6-8-16)23(25)26/h1-11H,12H2,(H,22,24)/b21-11+. The van der Waals surface area contributed by atoms with Crippen LogP contribution in [-0.2, 0) is 6.61 Å². The van der Waals surface area contributed by atoms with Gasteiger partial charge in [0, 0.05) is 22.7 Å². The van der Waals surface area contributed by atoms with Crippen LogP contribution >= 0.6 is 11.6 Å². The van der Waals surface area contributed by atoms with Gasteiger partial charge in [0.15, 0.2) is 0 Å². The highest BCUT2D eigenvalue weighted by Gasteiger charge is 2.06. The van der Waals surface area contributed by atoms with Crippen LogP contribution in [0.2, 0.25) is 5.02 Å². The maximum Gasteiger partial charge on any atom is 0.271 e. The number of carbonyl (C=O) groups excluding carboxylic acids is 1. The molecule has 0 fully saturated rings. The van der Waals surface area contributed by atoms with Gasteiger partial charge >= 0.3 is 0 Å². The summed E-state index contributed by atoms with van der Waals surface area (Å²) in [5.41, 5.74) is 2.81. The van der Waals surface area contributed by atoms with E-state index in [4.69, 9.17) is 20.8 Å². The predicted molar refractivity (Wildman–Crippen MR) is 103 cm³/mol. The number of benzene rings is 2. The zero-order valence-electron chi connectivity index (χ0n) is 14.4. The Hall–Kier alpha value is -3.65. The number of nitro groups is 1. The van der Waals surface area contributed by atoms with E-state index in [1.54, 1.807) is 36.4 Å². The summed E-state index contributed by atoms with van der Waals surface area (Å²) in [5, 5.41) is 15.0. The summed E-state index contributed by atoms with van der Waals surface area (Å²) in [4.78, 5) is 22.1. The molecule has 1 N–H and O–H groups in total. The van der Waals surface area contributed by atoms with E-state index in [1.807, 2.05) is 0 Å². The number of rotatable bonds is 7. The molecule has 0 radical (unpaired) electrons. The van der Waals surface area contributed by atoms with Crippen LogP contribution in [0.5, 0.6) is 5.75 Å². The van der Waals surface area contributed by atoms with Gasteiger partial charge in [-0.25, -0.2) is 5.43 Å². The summed E-state index contributed by atoms with van der Waals surface area (Å²) in [6.45, 7) is 0.142. The summed E-state index contributed by atoms with van der Waals surface area (Å²) in [6.07, 6.45) is 1.36. The van der Waals surface area contributed by atoms with Crippen LogP contribution in [0, 0.1) is 10.1 Å². The van der Waals surface area contributed by atoms with Crippen LogP contribution in [0.15, 0.2) is 70.2 Å². The third-order valence-electron chi connectivity index (χ3n) is 3.58. The van der Waals surface area contributed by atoms with Gasteiger partial charge in [-0.1, -0.05) is 11.6 Å². The number of halogens is 1. The van der Waals surface area contributed by atoms with Gasteiger partial charge < -0.3 is 9.15 Å². The van der Waals surface area contributed by atoms with Crippen molar-refractivity contribution in [3.05, 3.63) is 92.9 Å². The van der Waals surface area contributed by atoms with Crippen molar-refractivity contribution >= 4 is 29.4 Å². The number of nitrogens with one attached hydrogen (secondary N) is 1. The quantitative estimate of drug-likeness (QED) is 0.364. The monoisotopic (exact) mass is 399 g/mol. The number of nitrogens with zero attached hydrogens (tertiary/aromatic N) is 2. The number of ether oxygens (including phenoxy) is 1. The molecule has 3 rings (SSSR count). The molecular formula is C19H14ClN3O5. The molecule has 1 amide bonds. The fourth-order valence-electron chi connectivity index (χ4n) is 2.18. The van der Waals surface area contributed by atoms with Gasteiger partial charge in [0.2, 0.25) is 0 Å². The maximum atomic E-state index is 11.9. The molecule has 9 heteroatoms. The minimum atomic E-state index is -0.479. The summed E-state index contributed by atoms with van der Waals surface area (Å²) >= 11 is 5.78. The van der Waals surface area contributed by atoms with E-state index >= 15 is 0 Å². The second-order valence-corrected chi connectivity index (χ2v) is 5.99. The molecule has 0 saturated carbocycles. The molecule has 0 atom stereocenters. The zero-order valence-corrected chi connectivity index (χ0v) is 15.1. The lowest BCUT2D eigenvalue weighted by atomic mass is 10.2. The van der Waals surface area contributed by atoms with Crippen LogP contribution in [-0.4, -0.2) is 17.0 Å². The number of non-ortho nitro benzene ring substituents is 1. The number of furan rings is 1. The molecule has 1 heterocycles. The first-order chi connectivity index (χ1) is 13.5. The third-order valence-corrected chi connectivity index (χ3v) is 3.83. The molecular weight excluding hydrogens is 386 g/mol. The number of carbonyl (C=O) groups is 1. The highest BCUT2D eigenvalue weighted by atomic mass is 35.5. The van der Waals surface area contributed by atoms with Crippen molar-refractivity contribution in [1.29, 1.82) is 0 Å². The molecule has 28 heavy (non-hydrogen) atoms. The third kappa shape index (κ3) is 5.18. The van der Waals surface area contributed by atoms with Crippen LogP contribution < -0.4 is 10.2 Å². The van der Waals surface area contributed by atoms with Crippen LogP contribution in [0.3, 0.4) is 0 Å².